The molecule has 1 amide bonds. The zero-order valence-electron chi connectivity index (χ0n) is 14.0. The van der Waals surface area contributed by atoms with Crippen LogP contribution in [-0.2, 0) is 4.74 Å². The van der Waals surface area contributed by atoms with Crippen LogP contribution in [0, 0.1) is 0 Å². The van der Waals surface area contributed by atoms with E-state index in [0.29, 0.717) is 23.6 Å². The summed E-state index contributed by atoms with van der Waals surface area (Å²) in [6.07, 6.45) is 1.59. The van der Waals surface area contributed by atoms with Gasteiger partial charge in [0.2, 0.25) is 0 Å². The van der Waals surface area contributed by atoms with Gasteiger partial charge in [-0.2, -0.15) is 0 Å². The Morgan fingerprint density at radius 2 is 1.83 bits per heavy atom. The van der Waals surface area contributed by atoms with E-state index in [1.165, 1.54) is 0 Å². The summed E-state index contributed by atoms with van der Waals surface area (Å²) in [5, 5.41) is 5.98. The number of amides is 1. The maximum absolute atomic E-state index is 12.3. The lowest BCUT2D eigenvalue weighted by molar-refractivity contribution is 0.0526. The topological polar surface area (TPSA) is 80.3 Å². The van der Waals surface area contributed by atoms with Gasteiger partial charge in [-0.25, -0.2) is 4.79 Å². The second kappa shape index (κ2) is 8.10. The molecule has 1 aromatic carbocycles. The van der Waals surface area contributed by atoms with E-state index in [2.05, 4.69) is 15.6 Å². The van der Waals surface area contributed by atoms with Gasteiger partial charge in [-0.05, 0) is 57.2 Å². The van der Waals surface area contributed by atoms with Crippen LogP contribution >= 0.6 is 0 Å². The molecule has 0 saturated heterocycles. The summed E-state index contributed by atoms with van der Waals surface area (Å²) in [4.78, 5) is 28.0. The van der Waals surface area contributed by atoms with E-state index in [9.17, 15) is 9.59 Å². The summed E-state index contributed by atoms with van der Waals surface area (Å²) >= 11 is 0. The minimum absolute atomic E-state index is 0.263. The van der Waals surface area contributed by atoms with Crippen molar-refractivity contribution in [2.24, 2.45) is 0 Å². The minimum Gasteiger partial charge on any atom is -0.462 e. The molecule has 0 bridgehead atoms. The second-order valence-corrected chi connectivity index (χ2v) is 5.48. The molecule has 0 fully saturated rings. The monoisotopic (exact) mass is 327 g/mol. The fourth-order valence-corrected chi connectivity index (χ4v) is 2.08. The minimum atomic E-state index is -0.385. The molecule has 0 spiro atoms. The number of hydrogen-bond acceptors (Lipinski definition) is 5. The van der Waals surface area contributed by atoms with Gasteiger partial charge in [-0.15, -0.1) is 0 Å². The van der Waals surface area contributed by atoms with E-state index in [1.54, 1.807) is 43.5 Å². The molecule has 6 heteroatoms. The average molecular weight is 327 g/mol. The number of pyridine rings is 1. The van der Waals surface area contributed by atoms with Crippen molar-refractivity contribution in [2.75, 3.05) is 17.2 Å². The molecule has 0 aliphatic heterocycles. The van der Waals surface area contributed by atoms with Gasteiger partial charge in [-0.1, -0.05) is 0 Å². The number of ether oxygens (including phenoxy) is 1. The molecule has 2 aromatic rings. The first-order chi connectivity index (χ1) is 11.5. The van der Waals surface area contributed by atoms with Gasteiger partial charge in [0.05, 0.1) is 12.2 Å². The fraction of sp³-hybridized carbons (Fsp3) is 0.278. The molecule has 2 rings (SSSR count). The first-order valence-corrected chi connectivity index (χ1v) is 7.80. The Morgan fingerprint density at radius 1 is 1.12 bits per heavy atom. The lowest BCUT2D eigenvalue weighted by Crippen LogP contribution is -2.15. The normalized spacial score (nSPS) is 10.3. The summed E-state index contributed by atoms with van der Waals surface area (Å²) in [7, 11) is 0. The van der Waals surface area contributed by atoms with Crippen LogP contribution in [0.2, 0.25) is 0 Å². The van der Waals surface area contributed by atoms with Crippen molar-refractivity contribution in [3.63, 3.8) is 0 Å². The summed E-state index contributed by atoms with van der Waals surface area (Å²) in [5.41, 5.74) is 2.17. The molecule has 0 aliphatic carbocycles. The first kappa shape index (κ1) is 17.5. The highest BCUT2D eigenvalue weighted by Gasteiger charge is 2.10. The number of carbonyl (C=O) groups excluding carboxylic acids is 2. The van der Waals surface area contributed by atoms with E-state index < -0.39 is 0 Å². The predicted molar refractivity (Wildman–Crippen MR) is 93.3 cm³/mol. The summed E-state index contributed by atoms with van der Waals surface area (Å²) < 4.78 is 4.92. The van der Waals surface area contributed by atoms with Crippen molar-refractivity contribution < 1.29 is 14.3 Å². The van der Waals surface area contributed by atoms with E-state index in [-0.39, 0.29) is 17.9 Å². The van der Waals surface area contributed by atoms with Gasteiger partial charge in [-0.3, -0.25) is 9.78 Å². The largest absolute Gasteiger partial charge is 0.462 e. The molecule has 126 valence electrons. The number of esters is 1. The number of hydrogen-bond donors (Lipinski definition) is 2. The standard InChI is InChI=1S/C18H21N3O3/c1-4-24-18(23)13-5-7-14(8-6-13)21-17(22)16-11-15(9-10-19-16)20-12(2)3/h5-12H,4H2,1-3H3,(H,19,20)(H,21,22). The molecule has 0 saturated carbocycles. The smallest absolute Gasteiger partial charge is 0.338 e. The molecule has 0 unspecified atom stereocenters. The Balaban J connectivity index is 2.05. The lowest BCUT2D eigenvalue weighted by Gasteiger charge is -2.11. The Hall–Kier alpha value is -2.89. The number of nitrogens with zero attached hydrogens (tertiary/aromatic N) is 1. The Bertz CT molecular complexity index is 712. The average Bonchev–Trinajstić information content (AvgIpc) is 2.55. The van der Waals surface area contributed by atoms with Crippen molar-refractivity contribution in [1.82, 2.24) is 4.98 Å². The lowest BCUT2D eigenvalue weighted by atomic mass is 10.2. The Morgan fingerprint density at radius 3 is 2.46 bits per heavy atom. The number of aromatic nitrogens is 1. The molecule has 24 heavy (non-hydrogen) atoms. The molecule has 2 N–H and O–H groups in total. The van der Waals surface area contributed by atoms with E-state index in [1.807, 2.05) is 19.9 Å². The fourth-order valence-electron chi connectivity index (χ4n) is 2.08. The quantitative estimate of drug-likeness (QED) is 0.796. The highest BCUT2D eigenvalue weighted by molar-refractivity contribution is 6.03. The third-order valence-electron chi connectivity index (χ3n) is 3.10. The van der Waals surface area contributed by atoms with Gasteiger partial charge < -0.3 is 15.4 Å². The van der Waals surface area contributed by atoms with Crippen LogP contribution in [0.1, 0.15) is 41.6 Å². The zero-order chi connectivity index (χ0) is 17.5. The number of anilines is 2. The van der Waals surface area contributed by atoms with Gasteiger partial charge in [0.1, 0.15) is 5.69 Å². The summed E-state index contributed by atoms with van der Waals surface area (Å²) in [6, 6.07) is 10.3. The van der Waals surface area contributed by atoms with Gasteiger partial charge in [0, 0.05) is 23.6 Å². The van der Waals surface area contributed by atoms with Crippen LogP contribution in [0.25, 0.3) is 0 Å². The molecule has 0 atom stereocenters. The SMILES string of the molecule is CCOC(=O)c1ccc(NC(=O)c2cc(NC(C)C)ccn2)cc1. The highest BCUT2D eigenvalue weighted by Crippen LogP contribution is 2.14. The Kier molecular flexibility index (Phi) is 5.89. The van der Waals surface area contributed by atoms with E-state index >= 15 is 0 Å². The van der Waals surface area contributed by atoms with Gasteiger partial charge in [0.25, 0.3) is 5.91 Å². The van der Waals surface area contributed by atoms with Crippen LogP contribution in [-0.4, -0.2) is 29.5 Å². The van der Waals surface area contributed by atoms with Crippen molar-refractivity contribution >= 4 is 23.3 Å². The molecule has 0 radical (unpaired) electrons. The first-order valence-electron chi connectivity index (χ1n) is 7.80. The molecule has 6 nitrogen and oxygen atoms in total. The maximum Gasteiger partial charge on any atom is 0.338 e. The third kappa shape index (κ3) is 4.81. The van der Waals surface area contributed by atoms with Crippen LogP contribution in [0.5, 0.6) is 0 Å². The molecular weight excluding hydrogens is 306 g/mol. The second-order valence-electron chi connectivity index (χ2n) is 5.48. The predicted octanol–water partition coefficient (Wildman–Crippen LogP) is 3.33. The number of benzene rings is 1. The highest BCUT2D eigenvalue weighted by atomic mass is 16.5. The summed E-state index contributed by atoms with van der Waals surface area (Å²) in [5.74, 6) is -0.698. The van der Waals surface area contributed by atoms with E-state index in [4.69, 9.17) is 4.74 Å². The molecular formula is C18H21N3O3. The molecule has 1 aromatic heterocycles. The maximum atomic E-state index is 12.3. The number of carbonyl (C=O) groups is 2. The van der Waals surface area contributed by atoms with Gasteiger partial charge in [0.15, 0.2) is 0 Å². The molecule has 0 aliphatic rings. The Labute approximate surface area is 141 Å². The third-order valence-corrected chi connectivity index (χ3v) is 3.10. The van der Waals surface area contributed by atoms with Crippen LogP contribution in [0.15, 0.2) is 42.6 Å². The molecule has 1 heterocycles. The van der Waals surface area contributed by atoms with Gasteiger partial charge >= 0.3 is 5.97 Å². The van der Waals surface area contributed by atoms with Crippen molar-refractivity contribution in [3.05, 3.63) is 53.9 Å². The van der Waals surface area contributed by atoms with Crippen molar-refractivity contribution in [2.45, 2.75) is 26.8 Å². The number of rotatable bonds is 6. The zero-order valence-corrected chi connectivity index (χ0v) is 14.0. The van der Waals surface area contributed by atoms with Crippen LogP contribution in [0.3, 0.4) is 0 Å². The van der Waals surface area contributed by atoms with Crippen molar-refractivity contribution in [1.29, 1.82) is 0 Å². The van der Waals surface area contributed by atoms with Crippen LogP contribution in [0.4, 0.5) is 11.4 Å². The van der Waals surface area contributed by atoms with E-state index in [0.717, 1.165) is 5.69 Å². The van der Waals surface area contributed by atoms with Crippen molar-refractivity contribution in [3.8, 4) is 0 Å². The number of nitrogens with one attached hydrogen (secondary N) is 2. The summed E-state index contributed by atoms with van der Waals surface area (Å²) in [6.45, 7) is 6.11. The van der Waals surface area contributed by atoms with Crippen LogP contribution < -0.4 is 10.6 Å².